The summed E-state index contributed by atoms with van der Waals surface area (Å²) in [6.07, 6.45) is 0.916. The van der Waals surface area contributed by atoms with Crippen molar-refractivity contribution < 1.29 is 9.53 Å². The number of carbonyl (C=O) groups is 1. The summed E-state index contributed by atoms with van der Waals surface area (Å²) in [6.45, 7) is 0. The maximum Gasteiger partial charge on any atom is 0.233 e. The molecule has 22 heavy (non-hydrogen) atoms. The Morgan fingerprint density at radius 2 is 1.77 bits per heavy atom. The van der Waals surface area contributed by atoms with Gasteiger partial charge in [-0.2, -0.15) is 0 Å². The fraction of sp³-hybridized carbons (Fsp3) is 0.278. The first-order valence-corrected chi connectivity index (χ1v) is 8.87. The van der Waals surface area contributed by atoms with Crippen LogP contribution in [0.4, 0.5) is 5.69 Å². The van der Waals surface area contributed by atoms with Gasteiger partial charge in [0.15, 0.2) is 0 Å². The summed E-state index contributed by atoms with van der Waals surface area (Å²) in [5.41, 5.74) is 2.14. The number of para-hydroxylation sites is 1. The second-order valence-corrected chi connectivity index (χ2v) is 6.42. The van der Waals surface area contributed by atoms with E-state index in [1.807, 2.05) is 47.4 Å². The summed E-state index contributed by atoms with van der Waals surface area (Å²) in [6, 6.07) is 18.1. The maximum absolute atomic E-state index is 12.6. The lowest BCUT2D eigenvalue weighted by atomic mass is 9.80. The summed E-state index contributed by atoms with van der Waals surface area (Å²) in [5, 5.41) is 0. The van der Waals surface area contributed by atoms with Gasteiger partial charge in [-0.15, -0.1) is 0 Å². The normalized spacial score (nSPS) is 20.6. The zero-order valence-corrected chi connectivity index (χ0v) is 14.6. The van der Waals surface area contributed by atoms with E-state index < -0.39 is 0 Å². The van der Waals surface area contributed by atoms with E-state index in [4.69, 9.17) is 4.74 Å². The third-order valence-corrected chi connectivity index (χ3v) is 4.75. The number of hydrogen-bond donors (Lipinski definition) is 0. The highest BCUT2D eigenvalue weighted by atomic mass is 127. The van der Waals surface area contributed by atoms with Crippen molar-refractivity contribution in [3.63, 3.8) is 0 Å². The molecule has 0 aromatic heterocycles. The molecule has 0 radical (unpaired) electrons. The molecule has 0 aliphatic carbocycles. The minimum absolute atomic E-state index is 0.0745. The van der Waals surface area contributed by atoms with Gasteiger partial charge < -0.3 is 9.64 Å². The molecule has 0 N–H and O–H groups in total. The number of hydrogen-bond acceptors (Lipinski definition) is 2. The third-order valence-electron chi connectivity index (χ3n) is 4.13. The first-order valence-electron chi connectivity index (χ1n) is 7.34. The van der Waals surface area contributed by atoms with Gasteiger partial charge in [0.25, 0.3) is 0 Å². The topological polar surface area (TPSA) is 29.5 Å². The molecule has 1 heterocycles. The summed E-state index contributed by atoms with van der Waals surface area (Å²) < 4.78 is 6.22. The van der Waals surface area contributed by atoms with Crippen LogP contribution in [0.1, 0.15) is 18.0 Å². The van der Waals surface area contributed by atoms with E-state index in [0.29, 0.717) is 0 Å². The van der Waals surface area contributed by atoms with Crippen LogP contribution >= 0.6 is 22.6 Å². The van der Waals surface area contributed by atoms with Gasteiger partial charge in [0.1, 0.15) is 5.75 Å². The van der Waals surface area contributed by atoms with E-state index >= 15 is 0 Å². The van der Waals surface area contributed by atoms with Crippen molar-refractivity contribution in [3.8, 4) is 5.75 Å². The number of amides is 1. The van der Waals surface area contributed by atoms with Crippen molar-refractivity contribution in [2.75, 3.05) is 16.4 Å². The maximum atomic E-state index is 12.6. The van der Waals surface area contributed by atoms with Crippen LogP contribution in [0.2, 0.25) is 0 Å². The smallest absolute Gasteiger partial charge is 0.233 e. The molecule has 1 saturated heterocycles. The minimum atomic E-state index is 0.0745. The van der Waals surface area contributed by atoms with Gasteiger partial charge in [-0.25, -0.2) is 0 Å². The molecule has 4 heteroatoms. The Bertz CT molecular complexity index is 642. The predicted molar refractivity (Wildman–Crippen MR) is 96.7 cm³/mol. The zero-order chi connectivity index (χ0) is 15.5. The lowest BCUT2D eigenvalue weighted by molar-refractivity contribution is -0.130. The lowest BCUT2D eigenvalue weighted by Gasteiger charge is -2.47. The van der Waals surface area contributed by atoms with Crippen LogP contribution in [0.25, 0.3) is 0 Å². The standard InChI is InChI=1S/C18H18INO2/c1-22-15-9-7-13(8-10-15)17-16(11-12-19)18(21)20(17)14-5-3-2-4-6-14/h2-10,16-17H,11-12H2,1H3/t16-,17-/m1/s1. The number of anilines is 1. The molecule has 0 spiro atoms. The second kappa shape index (κ2) is 6.69. The van der Waals surface area contributed by atoms with Crippen LogP contribution in [-0.4, -0.2) is 17.4 Å². The van der Waals surface area contributed by atoms with Gasteiger partial charge in [-0.3, -0.25) is 4.79 Å². The summed E-state index contributed by atoms with van der Waals surface area (Å²) in [7, 11) is 1.66. The van der Waals surface area contributed by atoms with Crippen molar-refractivity contribution in [1.82, 2.24) is 0 Å². The average Bonchev–Trinajstić information content (AvgIpc) is 2.58. The van der Waals surface area contributed by atoms with Crippen LogP contribution in [-0.2, 0) is 4.79 Å². The SMILES string of the molecule is COc1ccc([C@@H]2[C@@H](CCI)C(=O)N2c2ccccc2)cc1. The van der Waals surface area contributed by atoms with E-state index in [0.717, 1.165) is 22.3 Å². The number of nitrogens with zero attached hydrogens (tertiary/aromatic N) is 1. The van der Waals surface area contributed by atoms with Crippen LogP contribution in [0.5, 0.6) is 5.75 Å². The van der Waals surface area contributed by atoms with E-state index in [1.54, 1.807) is 7.11 Å². The highest BCUT2D eigenvalue weighted by molar-refractivity contribution is 14.1. The number of carbonyl (C=O) groups excluding carboxylic acids is 1. The largest absolute Gasteiger partial charge is 0.497 e. The van der Waals surface area contributed by atoms with Gasteiger partial charge in [-0.1, -0.05) is 52.9 Å². The zero-order valence-electron chi connectivity index (χ0n) is 12.4. The Balaban J connectivity index is 1.93. The molecule has 1 amide bonds. The predicted octanol–water partition coefficient (Wildman–Crippen LogP) is 4.22. The molecular formula is C18H18INO2. The summed E-state index contributed by atoms with van der Waals surface area (Å²) >= 11 is 2.34. The molecule has 114 valence electrons. The van der Waals surface area contributed by atoms with E-state index in [-0.39, 0.29) is 17.9 Å². The van der Waals surface area contributed by atoms with Crippen LogP contribution in [0.15, 0.2) is 54.6 Å². The quantitative estimate of drug-likeness (QED) is 0.422. The second-order valence-electron chi connectivity index (χ2n) is 5.35. The summed E-state index contributed by atoms with van der Waals surface area (Å²) in [5.74, 6) is 1.14. The Labute approximate surface area is 144 Å². The van der Waals surface area contributed by atoms with E-state index in [9.17, 15) is 4.79 Å². The Morgan fingerprint density at radius 3 is 2.36 bits per heavy atom. The Morgan fingerprint density at radius 1 is 1.09 bits per heavy atom. The van der Waals surface area contributed by atoms with Crippen molar-refractivity contribution in [3.05, 3.63) is 60.2 Å². The van der Waals surface area contributed by atoms with E-state index in [2.05, 4.69) is 34.7 Å². The minimum Gasteiger partial charge on any atom is -0.497 e. The first-order chi connectivity index (χ1) is 10.8. The van der Waals surface area contributed by atoms with Crippen molar-refractivity contribution in [2.24, 2.45) is 5.92 Å². The molecule has 2 atom stereocenters. The van der Waals surface area contributed by atoms with Crippen molar-refractivity contribution >= 4 is 34.2 Å². The highest BCUT2D eigenvalue weighted by Gasteiger charge is 2.47. The molecule has 1 fully saturated rings. The van der Waals surface area contributed by atoms with Gasteiger partial charge in [0.2, 0.25) is 5.91 Å². The first kappa shape index (κ1) is 15.3. The number of alkyl halides is 1. The van der Waals surface area contributed by atoms with Crippen LogP contribution in [0.3, 0.4) is 0 Å². The monoisotopic (exact) mass is 407 g/mol. The van der Waals surface area contributed by atoms with Crippen LogP contribution < -0.4 is 9.64 Å². The number of benzene rings is 2. The van der Waals surface area contributed by atoms with Crippen molar-refractivity contribution in [2.45, 2.75) is 12.5 Å². The number of β-lactam (4-membered cyclic amide) rings is 1. The fourth-order valence-electron chi connectivity index (χ4n) is 3.01. The average molecular weight is 407 g/mol. The summed E-state index contributed by atoms with van der Waals surface area (Å²) in [4.78, 5) is 14.5. The van der Waals surface area contributed by atoms with Gasteiger partial charge in [0.05, 0.1) is 19.1 Å². The van der Waals surface area contributed by atoms with E-state index in [1.165, 1.54) is 5.56 Å². The number of rotatable bonds is 5. The van der Waals surface area contributed by atoms with Gasteiger partial charge in [-0.05, 0) is 36.2 Å². The number of ether oxygens (including phenoxy) is 1. The molecule has 1 aliphatic rings. The molecule has 2 aromatic rings. The molecule has 3 nitrogen and oxygen atoms in total. The molecule has 1 aliphatic heterocycles. The molecule has 2 aromatic carbocycles. The lowest BCUT2D eigenvalue weighted by Crippen LogP contribution is -2.55. The van der Waals surface area contributed by atoms with Gasteiger partial charge in [0, 0.05) is 10.1 Å². The van der Waals surface area contributed by atoms with Gasteiger partial charge >= 0.3 is 0 Å². The molecular weight excluding hydrogens is 389 g/mol. The number of halogens is 1. The third kappa shape index (κ3) is 2.72. The fourth-order valence-corrected chi connectivity index (χ4v) is 3.68. The molecule has 0 bridgehead atoms. The molecule has 3 rings (SSSR count). The number of methoxy groups -OCH3 is 1. The Hall–Kier alpha value is -1.56. The molecule has 0 saturated carbocycles. The molecule has 0 unspecified atom stereocenters. The van der Waals surface area contributed by atoms with Crippen molar-refractivity contribution in [1.29, 1.82) is 0 Å². The Kier molecular flexibility index (Phi) is 4.66. The van der Waals surface area contributed by atoms with Crippen LogP contribution in [0, 0.1) is 5.92 Å². The highest BCUT2D eigenvalue weighted by Crippen LogP contribution is 2.45.